The van der Waals surface area contributed by atoms with Crippen molar-refractivity contribution in [1.29, 1.82) is 0 Å². The molecule has 2 aromatic carbocycles. The standard InChI is InChI=1S/C19H18ClN5O3/c1-25(10-16-21-15-5-3-2-4-14(15)19(28)22-16)11-17(26)23-24-18(27)12-6-8-13(20)9-7-12/h2-9H,10-11H2,1H3,(H,23,26)(H,24,27)(H,21,22,28)/p+1. The maximum Gasteiger partial charge on any atom is 0.293 e. The van der Waals surface area contributed by atoms with Crippen molar-refractivity contribution in [1.82, 2.24) is 20.8 Å². The summed E-state index contributed by atoms with van der Waals surface area (Å²) in [7, 11) is 1.79. The van der Waals surface area contributed by atoms with Crippen LogP contribution in [0.5, 0.6) is 0 Å². The van der Waals surface area contributed by atoms with Gasteiger partial charge in [0, 0.05) is 10.6 Å². The number of benzene rings is 2. The number of rotatable bonds is 5. The van der Waals surface area contributed by atoms with E-state index in [-0.39, 0.29) is 18.0 Å². The summed E-state index contributed by atoms with van der Waals surface area (Å²) >= 11 is 5.78. The molecule has 9 heteroatoms. The SMILES string of the molecule is C[NH+](CC(=O)NNC(=O)c1ccc(Cl)cc1)Cc1nc2ccccc2c(=O)[nH]1. The maximum atomic E-state index is 12.1. The number of hydrogen-bond donors (Lipinski definition) is 4. The van der Waals surface area contributed by atoms with Crippen molar-refractivity contribution in [2.45, 2.75) is 6.54 Å². The third kappa shape index (κ3) is 4.93. The molecule has 3 rings (SSSR count). The van der Waals surface area contributed by atoms with Crippen molar-refractivity contribution in [2.75, 3.05) is 13.6 Å². The first kappa shape index (κ1) is 19.5. The van der Waals surface area contributed by atoms with E-state index in [0.29, 0.717) is 33.9 Å². The predicted octanol–water partition coefficient (Wildman–Crippen LogP) is 0.0524. The minimum absolute atomic E-state index is 0.0808. The molecule has 0 radical (unpaired) electrons. The second-order valence-electron chi connectivity index (χ2n) is 6.35. The van der Waals surface area contributed by atoms with Crippen molar-refractivity contribution in [3.05, 3.63) is 75.3 Å². The highest BCUT2D eigenvalue weighted by atomic mass is 35.5. The first-order valence-corrected chi connectivity index (χ1v) is 8.94. The number of nitrogens with zero attached hydrogens (tertiary/aromatic N) is 1. The summed E-state index contributed by atoms with van der Waals surface area (Å²) in [4.78, 5) is 44.1. The van der Waals surface area contributed by atoms with E-state index in [1.54, 1.807) is 49.5 Å². The van der Waals surface area contributed by atoms with Crippen molar-refractivity contribution in [2.24, 2.45) is 0 Å². The molecule has 3 aromatic rings. The van der Waals surface area contributed by atoms with Crippen LogP contribution < -0.4 is 21.3 Å². The third-order valence-electron chi connectivity index (χ3n) is 4.02. The van der Waals surface area contributed by atoms with Crippen LogP contribution in [0.3, 0.4) is 0 Å². The number of nitrogens with one attached hydrogen (secondary N) is 4. The number of H-pyrrole nitrogens is 1. The molecule has 1 heterocycles. The Morgan fingerprint density at radius 1 is 1.11 bits per heavy atom. The Hall–Kier alpha value is -3.23. The number of likely N-dealkylation sites (N-methyl/N-ethyl adjacent to an activating group) is 1. The second kappa shape index (κ2) is 8.64. The van der Waals surface area contributed by atoms with Crippen LogP contribution in [-0.2, 0) is 11.3 Å². The van der Waals surface area contributed by atoms with E-state index in [1.165, 1.54) is 0 Å². The molecule has 0 aliphatic rings. The van der Waals surface area contributed by atoms with Gasteiger partial charge in [0.1, 0.15) is 6.54 Å². The lowest BCUT2D eigenvalue weighted by Gasteiger charge is -2.14. The van der Waals surface area contributed by atoms with Crippen LogP contribution in [0.15, 0.2) is 53.3 Å². The zero-order chi connectivity index (χ0) is 20.1. The first-order valence-electron chi connectivity index (χ1n) is 8.56. The summed E-state index contributed by atoms with van der Waals surface area (Å²) in [5.41, 5.74) is 5.49. The topological polar surface area (TPSA) is 108 Å². The van der Waals surface area contributed by atoms with E-state index in [4.69, 9.17) is 11.6 Å². The van der Waals surface area contributed by atoms with Gasteiger partial charge in [0.15, 0.2) is 12.4 Å². The normalized spacial score (nSPS) is 11.8. The van der Waals surface area contributed by atoms with E-state index in [2.05, 4.69) is 20.8 Å². The van der Waals surface area contributed by atoms with Crippen LogP contribution in [0.25, 0.3) is 10.9 Å². The predicted molar refractivity (Wildman–Crippen MR) is 105 cm³/mol. The average Bonchev–Trinajstić information content (AvgIpc) is 2.66. The molecule has 0 aliphatic heterocycles. The number of aromatic amines is 1. The summed E-state index contributed by atoms with van der Waals surface area (Å²) in [6.07, 6.45) is 0. The monoisotopic (exact) mass is 400 g/mol. The first-order chi connectivity index (χ1) is 13.4. The van der Waals surface area contributed by atoms with Gasteiger partial charge in [0.25, 0.3) is 17.4 Å². The summed E-state index contributed by atoms with van der Waals surface area (Å²) in [5.74, 6) is -0.328. The van der Waals surface area contributed by atoms with E-state index in [9.17, 15) is 14.4 Å². The van der Waals surface area contributed by atoms with Gasteiger partial charge in [-0.1, -0.05) is 23.7 Å². The maximum absolute atomic E-state index is 12.1. The number of hydrogen-bond acceptors (Lipinski definition) is 4. The van der Waals surface area contributed by atoms with Crippen LogP contribution in [-0.4, -0.2) is 35.4 Å². The smallest absolute Gasteiger partial charge is 0.293 e. The van der Waals surface area contributed by atoms with Gasteiger partial charge in [0.05, 0.1) is 18.0 Å². The number of halogens is 1. The van der Waals surface area contributed by atoms with Crippen molar-refractivity contribution < 1.29 is 14.5 Å². The van der Waals surface area contributed by atoms with Gasteiger partial charge >= 0.3 is 0 Å². The van der Waals surface area contributed by atoms with E-state index in [1.807, 2.05) is 6.07 Å². The van der Waals surface area contributed by atoms with Crippen LogP contribution in [0.4, 0.5) is 0 Å². The molecular formula is C19H19ClN5O3+. The average molecular weight is 401 g/mol. The molecule has 0 bridgehead atoms. The number of para-hydroxylation sites is 1. The summed E-state index contributed by atoms with van der Waals surface area (Å²) in [5, 5.41) is 1.04. The molecule has 4 N–H and O–H groups in total. The van der Waals surface area contributed by atoms with Crippen LogP contribution in [0.2, 0.25) is 5.02 Å². The Labute approximate surface area is 165 Å². The minimum Gasteiger partial charge on any atom is -0.323 e. The molecule has 1 unspecified atom stereocenters. The number of aromatic nitrogens is 2. The number of carbonyl (C=O) groups is 2. The van der Waals surface area contributed by atoms with E-state index >= 15 is 0 Å². The quantitative estimate of drug-likeness (QED) is 0.454. The van der Waals surface area contributed by atoms with Gasteiger partial charge in [-0.2, -0.15) is 0 Å². The summed E-state index contributed by atoms with van der Waals surface area (Å²) in [6.45, 7) is 0.427. The molecule has 0 spiro atoms. The van der Waals surface area contributed by atoms with Gasteiger partial charge in [0.2, 0.25) is 0 Å². The highest BCUT2D eigenvalue weighted by Crippen LogP contribution is 2.09. The second-order valence-corrected chi connectivity index (χ2v) is 6.79. The Kier molecular flexibility index (Phi) is 6.03. The molecule has 8 nitrogen and oxygen atoms in total. The molecule has 1 atom stereocenters. The molecule has 28 heavy (non-hydrogen) atoms. The zero-order valence-corrected chi connectivity index (χ0v) is 15.8. The Balaban J connectivity index is 1.53. The van der Waals surface area contributed by atoms with Crippen molar-refractivity contribution in [3.63, 3.8) is 0 Å². The Bertz CT molecular complexity index is 1070. The highest BCUT2D eigenvalue weighted by Gasteiger charge is 2.14. The highest BCUT2D eigenvalue weighted by molar-refractivity contribution is 6.30. The lowest BCUT2D eigenvalue weighted by Crippen LogP contribution is -3.09. The fourth-order valence-electron chi connectivity index (χ4n) is 2.69. The van der Waals surface area contributed by atoms with Gasteiger partial charge in [-0.25, -0.2) is 4.98 Å². The summed E-state index contributed by atoms with van der Waals surface area (Å²) in [6, 6.07) is 13.4. The molecule has 0 fully saturated rings. The largest absolute Gasteiger partial charge is 0.323 e. The van der Waals surface area contributed by atoms with Crippen molar-refractivity contribution in [3.8, 4) is 0 Å². The molecule has 0 saturated heterocycles. The van der Waals surface area contributed by atoms with Crippen LogP contribution in [0.1, 0.15) is 16.2 Å². The fraction of sp³-hybridized carbons (Fsp3) is 0.158. The molecule has 0 aliphatic carbocycles. The number of carbonyl (C=O) groups excluding carboxylic acids is 2. The number of quaternary nitrogens is 1. The van der Waals surface area contributed by atoms with Gasteiger partial charge in [-0.05, 0) is 36.4 Å². The van der Waals surface area contributed by atoms with Gasteiger partial charge in [-0.3, -0.25) is 25.2 Å². The Morgan fingerprint density at radius 3 is 2.57 bits per heavy atom. The molecule has 144 valence electrons. The molecule has 0 saturated carbocycles. The molecule has 2 amide bonds. The zero-order valence-electron chi connectivity index (χ0n) is 15.1. The van der Waals surface area contributed by atoms with E-state index in [0.717, 1.165) is 4.90 Å². The fourth-order valence-corrected chi connectivity index (χ4v) is 2.81. The number of fused-ring (bicyclic) bond motifs is 1. The van der Waals surface area contributed by atoms with Crippen LogP contribution >= 0.6 is 11.6 Å². The summed E-state index contributed by atoms with van der Waals surface area (Å²) < 4.78 is 0. The minimum atomic E-state index is -0.441. The van der Waals surface area contributed by atoms with E-state index < -0.39 is 5.91 Å². The molecular weight excluding hydrogens is 382 g/mol. The van der Waals surface area contributed by atoms with Gasteiger partial charge < -0.3 is 9.88 Å². The van der Waals surface area contributed by atoms with Gasteiger partial charge in [-0.15, -0.1) is 0 Å². The lowest BCUT2D eigenvalue weighted by atomic mass is 10.2. The lowest BCUT2D eigenvalue weighted by molar-refractivity contribution is -0.886. The van der Waals surface area contributed by atoms with Crippen molar-refractivity contribution >= 4 is 34.3 Å². The number of hydrazine groups is 1. The van der Waals surface area contributed by atoms with Crippen LogP contribution in [0, 0.1) is 0 Å². The number of amides is 2. The molecule has 1 aromatic heterocycles. The third-order valence-corrected chi connectivity index (χ3v) is 4.27. The Morgan fingerprint density at radius 2 is 1.82 bits per heavy atom.